The molecule has 2 aromatic carbocycles. The number of aryl methyl sites for hydroxylation is 2. The second-order valence-electron chi connectivity index (χ2n) is 8.01. The first-order valence-corrected chi connectivity index (χ1v) is 10.5. The summed E-state index contributed by atoms with van der Waals surface area (Å²) >= 11 is 0. The lowest BCUT2D eigenvalue weighted by atomic mass is 9.99. The second-order valence-corrected chi connectivity index (χ2v) is 8.01. The van der Waals surface area contributed by atoms with Crippen molar-refractivity contribution >= 4 is 22.7 Å². The summed E-state index contributed by atoms with van der Waals surface area (Å²) in [4.78, 5) is 31.7. The number of pyridine rings is 1. The molecule has 0 fully saturated rings. The highest BCUT2D eigenvalue weighted by atomic mass is 16.2. The first-order valence-electron chi connectivity index (χ1n) is 10.5. The van der Waals surface area contributed by atoms with Crippen LogP contribution in [-0.4, -0.2) is 34.8 Å². The average Bonchev–Trinajstić information content (AvgIpc) is 2.75. The minimum atomic E-state index is -0.137. The normalized spacial score (nSPS) is 13.2. The van der Waals surface area contributed by atoms with Crippen LogP contribution in [0.2, 0.25) is 0 Å². The van der Waals surface area contributed by atoms with Gasteiger partial charge in [-0.2, -0.15) is 0 Å². The molecular weight excluding hydrogens is 374 g/mol. The van der Waals surface area contributed by atoms with Crippen LogP contribution in [0.3, 0.4) is 0 Å². The Morgan fingerprint density at radius 3 is 2.70 bits per heavy atom. The van der Waals surface area contributed by atoms with E-state index in [4.69, 9.17) is 0 Å². The summed E-state index contributed by atoms with van der Waals surface area (Å²) < 4.78 is 0. The summed E-state index contributed by atoms with van der Waals surface area (Å²) in [5.41, 5.74) is 5.92. The van der Waals surface area contributed by atoms with Crippen molar-refractivity contribution in [3.8, 4) is 0 Å². The third-order valence-corrected chi connectivity index (χ3v) is 5.74. The molecule has 154 valence electrons. The highest BCUT2D eigenvalue weighted by molar-refractivity contribution is 5.98. The summed E-state index contributed by atoms with van der Waals surface area (Å²) in [6.45, 7) is 5.81. The molecule has 0 atom stereocenters. The third-order valence-electron chi connectivity index (χ3n) is 5.74. The van der Waals surface area contributed by atoms with E-state index in [1.165, 1.54) is 11.1 Å². The van der Waals surface area contributed by atoms with E-state index in [0.717, 1.165) is 29.4 Å². The number of aromatic nitrogens is 1. The van der Waals surface area contributed by atoms with Gasteiger partial charge in [-0.15, -0.1) is 0 Å². The quantitative estimate of drug-likeness (QED) is 0.659. The van der Waals surface area contributed by atoms with Crippen molar-refractivity contribution in [2.24, 2.45) is 0 Å². The molecule has 2 heterocycles. The Balaban J connectivity index is 1.29. The number of carbonyl (C=O) groups is 2. The molecule has 1 aliphatic rings. The van der Waals surface area contributed by atoms with Gasteiger partial charge in [-0.3, -0.25) is 14.6 Å². The summed E-state index contributed by atoms with van der Waals surface area (Å²) in [6, 6.07) is 16.2. The van der Waals surface area contributed by atoms with Gasteiger partial charge >= 0.3 is 0 Å². The van der Waals surface area contributed by atoms with Crippen LogP contribution < -0.4 is 5.32 Å². The Bertz CT molecular complexity index is 1110. The zero-order chi connectivity index (χ0) is 21.1. The van der Waals surface area contributed by atoms with Gasteiger partial charge in [-0.05, 0) is 55.5 Å². The average molecular weight is 402 g/mol. The lowest BCUT2D eigenvalue weighted by Crippen LogP contribution is -2.36. The lowest BCUT2D eigenvalue weighted by molar-refractivity contribution is -0.132. The van der Waals surface area contributed by atoms with E-state index in [9.17, 15) is 9.59 Å². The van der Waals surface area contributed by atoms with Crippen LogP contribution >= 0.6 is 0 Å². The van der Waals surface area contributed by atoms with Crippen LogP contribution in [0.25, 0.3) is 10.9 Å². The van der Waals surface area contributed by atoms with E-state index in [0.29, 0.717) is 37.2 Å². The summed E-state index contributed by atoms with van der Waals surface area (Å²) in [5.74, 6) is 0.0134. The molecule has 5 nitrogen and oxygen atoms in total. The maximum absolute atomic E-state index is 12.6. The number of nitrogens with zero attached hydrogens (tertiary/aromatic N) is 2. The van der Waals surface area contributed by atoms with Crippen LogP contribution in [0.4, 0.5) is 0 Å². The highest BCUT2D eigenvalue weighted by Crippen LogP contribution is 2.20. The number of hydrogen-bond donors (Lipinski definition) is 1. The van der Waals surface area contributed by atoms with E-state index in [2.05, 4.69) is 22.4 Å². The number of nitrogens with one attached hydrogen (secondary N) is 1. The summed E-state index contributed by atoms with van der Waals surface area (Å²) in [5, 5.41) is 3.90. The van der Waals surface area contributed by atoms with Crippen molar-refractivity contribution in [1.29, 1.82) is 0 Å². The molecule has 0 aliphatic carbocycles. The molecular formula is C25H27N3O2. The third kappa shape index (κ3) is 4.35. The molecule has 4 rings (SSSR count). The van der Waals surface area contributed by atoms with Gasteiger partial charge in [-0.25, -0.2) is 0 Å². The Morgan fingerprint density at radius 2 is 1.87 bits per heavy atom. The molecule has 0 bridgehead atoms. The fraction of sp³-hybridized carbons (Fsp3) is 0.320. The largest absolute Gasteiger partial charge is 0.352 e. The number of benzene rings is 2. The van der Waals surface area contributed by atoms with E-state index < -0.39 is 0 Å². The topological polar surface area (TPSA) is 62.3 Å². The first-order chi connectivity index (χ1) is 14.5. The van der Waals surface area contributed by atoms with Crippen molar-refractivity contribution in [3.05, 3.63) is 76.5 Å². The van der Waals surface area contributed by atoms with Gasteiger partial charge in [0, 0.05) is 31.4 Å². The molecule has 0 saturated heterocycles. The number of amides is 2. The molecule has 5 heteroatoms. The number of rotatable bonds is 5. The van der Waals surface area contributed by atoms with Gasteiger partial charge in [0.05, 0.1) is 16.8 Å². The Morgan fingerprint density at radius 1 is 1.07 bits per heavy atom. The smallest absolute Gasteiger partial charge is 0.253 e. The van der Waals surface area contributed by atoms with Gasteiger partial charge in [0.15, 0.2) is 0 Å². The van der Waals surface area contributed by atoms with Crippen molar-refractivity contribution in [2.75, 3.05) is 13.1 Å². The molecule has 1 N–H and O–H groups in total. The van der Waals surface area contributed by atoms with E-state index in [1.807, 2.05) is 55.1 Å². The maximum atomic E-state index is 12.6. The van der Waals surface area contributed by atoms with Crippen molar-refractivity contribution < 1.29 is 9.59 Å². The Labute approximate surface area is 177 Å². The van der Waals surface area contributed by atoms with Crippen LogP contribution in [0.15, 0.2) is 48.5 Å². The predicted octanol–water partition coefficient (Wildman–Crippen LogP) is 3.95. The number of fused-ring (bicyclic) bond motifs is 2. The van der Waals surface area contributed by atoms with E-state index in [-0.39, 0.29) is 11.8 Å². The van der Waals surface area contributed by atoms with Crippen LogP contribution in [0.1, 0.15) is 45.6 Å². The molecule has 3 aromatic rings. The molecule has 0 spiro atoms. The monoisotopic (exact) mass is 401 g/mol. The van der Waals surface area contributed by atoms with Gasteiger partial charge in [0.2, 0.25) is 5.91 Å². The molecule has 0 radical (unpaired) electrons. The minimum Gasteiger partial charge on any atom is -0.352 e. The zero-order valence-corrected chi connectivity index (χ0v) is 17.6. The highest BCUT2D eigenvalue weighted by Gasteiger charge is 2.20. The van der Waals surface area contributed by atoms with Crippen molar-refractivity contribution in [1.82, 2.24) is 15.2 Å². The predicted molar refractivity (Wildman–Crippen MR) is 118 cm³/mol. The van der Waals surface area contributed by atoms with E-state index >= 15 is 0 Å². The summed E-state index contributed by atoms with van der Waals surface area (Å²) in [7, 11) is 0. The van der Waals surface area contributed by atoms with Crippen molar-refractivity contribution in [2.45, 2.75) is 39.7 Å². The molecule has 1 aromatic heterocycles. The fourth-order valence-corrected chi connectivity index (χ4v) is 4.01. The Hall–Kier alpha value is -3.21. The van der Waals surface area contributed by atoms with Crippen molar-refractivity contribution in [3.63, 3.8) is 0 Å². The molecule has 2 amide bonds. The maximum Gasteiger partial charge on any atom is 0.253 e. The van der Waals surface area contributed by atoms with E-state index in [1.54, 1.807) is 0 Å². The Kier molecular flexibility index (Phi) is 5.79. The van der Waals surface area contributed by atoms with Gasteiger partial charge in [-0.1, -0.05) is 36.4 Å². The summed E-state index contributed by atoms with van der Waals surface area (Å²) in [6.07, 6.45) is 1.98. The zero-order valence-electron chi connectivity index (χ0n) is 17.6. The van der Waals surface area contributed by atoms with Crippen LogP contribution in [-0.2, 0) is 17.8 Å². The second kappa shape index (κ2) is 8.66. The fourth-order valence-electron chi connectivity index (χ4n) is 4.01. The van der Waals surface area contributed by atoms with Gasteiger partial charge < -0.3 is 10.2 Å². The van der Waals surface area contributed by atoms with Crippen LogP contribution in [0.5, 0.6) is 0 Å². The van der Waals surface area contributed by atoms with Gasteiger partial charge in [0.25, 0.3) is 5.91 Å². The lowest BCUT2D eigenvalue weighted by Gasteiger charge is -2.29. The van der Waals surface area contributed by atoms with Crippen LogP contribution in [0, 0.1) is 13.8 Å². The standard InChI is InChI=1S/C25H27N3O2/c1-17-9-10-20-15-22(18(2)27-23(20)14-17)25(30)26-12-5-8-24(29)28-13-11-19-6-3-4-7-21(19)16-28/h3-4,6-7,9-10,14-15H,5,8,11-13,16H2,1-2H3,(H,26,30). The molecule has 0 saturated carbocycles. The SMILES string of the molecule is Cc1ccc2cc(C(=O)NCCCC(=O)N3CCc4ccccc4C3)c(C)nc2c1. The van der Waals surface area contributed by atoms with Gasteiger partial charge in [0.1, 0.15) is 0 Å². The first kappa shape index (κ1) is 20.1. The molecule has 1 aliphatic heterocycles. The number of carbonyl (C=O) groups excluding carboxylic acids is 2. The minimum absolute atomic E-state index is 0.137. The molecule has 30 heavy (non-hydrogen) atoms. The molecule has 0 unspecified atom stereocenters. The number of hydrogen-bond acceptors (Lipinski definition) is 3.